The second-order valence-electron chi connectivity index (χ2n) is 5.87. The standard InChI is InChI=1S/C15H19NO4S/c17-15(18)12-4-1-3-11(9-12)13-5-2-8-16(10-13)21(19,20)14-6-7-14/h1,3-4,9,13-14H,2,5-8,10H2,(H,17,18)/t13-/m1/s1. The molecule has 6 heteroatoms. The number of nitrogens with zero attached hydrogens (tertiary/aromatic N) is 1. The molecular weight excluding hydrogens is 290 g/mol. The van der Waals surface area contributed by atoms with Crippen molar-refractivity contribution in [3.05, 3.63) is 35.4 Å². The lowest BCUT2D eigenvalue weighted by atomic mass is 9.91. The molecule has 0 radical (unpaired) electrons. The Hall–Kier alpha value is -1.40. The van der Waals surface area contributed by atoms with Crippen LogP contribution in [0, 0.1) is 0 Å². The molecule has 1 aliphatic carbocycles. The molecule has 114 valence electrons. The van der Waals surface area contributed by atoms with E-state index in [-0.39, 0.29) is 16.7 Å². The van der Waals surface area contributed by atoms with E-state index in [1.165, 1.54) is 0 Å². The Balaban J connectivity index is 1.80. The summed E-state index contributed by atoms with van der Waals surface area (Å²) in [5, 5.41) is 8.88. The highest BCUT2D eigenvalue weighted by atomic mass is 32.2. The van der Waals surface area contributed by atoms with Crippen LogP contribution in [0.15, 0.2) is 24.3 Å². The van der Waals surface area contributed by atoms with Crippen LogP contribution < -0.4 is 0 Å². The van der Waals surface area contributed by atoms with E-state index in [2.05, 4.69) is 0 Å². The lowest BCUT2D eigenvalue weighted by molar-refractivity contribution is 0.0696. The third kappa shape index (κ3) is 2.96. The fourth-order valence-corrected chi connectivity index (χ4v) is 4.87. The Bertz CT molecular complexity index is 651. The highest BCUT2D eigenvalue weighted by Gasteiger charge is 2.41. The summed E-state index contributed by atoms with van der Waals surface area (Å²) in [6.07, 6.45) is 3.28. The molecule has 1 N–H and O–H groups in total. The number of carboxylic acid groups (broad SMARTS) is 1. The van der Waals surface area contributed by atoms with Crippen LogP contribution in [-0.4, -0.2) is 42.1 Å². The molecule has 1 heterocycles. The first kappa shape index (κ1) is 14.5. The zero-order valence-electron chi connectivity index (χ0n) is 11.7. The number of hydrogen-bond donors (Lipinski definition) is 1. The number of piperidine rings is 1. The molecule has 2 aliphatic rings. The van der Waals surface area contributed by atoms with Gasteiger partial charge in [-0.2, -0.15) is 0 Å². The second kappa shape index (κ2) is 5.42. The van der Waals surface area contributed by atoms with Crippen LogP contribution in [0.2, 0.25) is 0 Å². The van der Waals surface area contributed by atoms with Gasteiger partial charge in [0.1, 0.15) is 0 Å². The highest BCUT2D eigenvalue weighted by Crippen LogP contribution is 2.35. The molecule has 1 atom stereocenters. The molecule has 2 fully saturated rings. The molecule has 0 spiro atoms. The van der Waals surface area contributed by atoms with Gasteiger partial charge < -0.3 is 5.11 Å². The Morgan fingerprint density at radius 3 is 2.67 bits per heavy atom. The SMILES string of the molecule is O=C(O)c1cccc([C@@H]2CCCN(S(=O)(=O)C3CC3)C2)c1. The third-order valence-electron chi connectivity index (χ3n) is 4.29. The first-order chi connectivity index (χ1) is 9.98. The van der Waals surface area contributed by atoms with Crippen molar-refractivity contribution in [2.45, 2.75) is 36.9 Å². The van der Waals surface area contributed by atoms with Gasteiger partial charge in [-0.25, -0.2) is 17.5 Å². The summed E-state index contributed by atoms with van der Waals surface area (Å²) in [7, 11) is -3.14. The number of carbonyl (C=O) groups is 1. The minimum atomic E-state index is -3.14. The fraction of sp³-hybridized carbons (Fsp3) is 0.533. The average Bonchev–Trinajstić information content (AvgIpc) is 3.32. The maximum atomic E-state index is 12.3. The van der Waals surface area contributed by atoms with Gasteiger partial charge >= 0.3 is 5.97 Å². The summed E-state index contributed by atoms with van der Waals surface area (Å²) < 4.78 is 26.3. The second-order valence-corrected chi connectivity index (χ2v) is 8.09. The van der Waals surface area contributed by atoms with E-state index < -0.39 is 16.0 Å². The molecule has 1 saturated carbocycles. The summed E-state index contributed by atoms with van der Waals surface area (Å²) in [6, 6.07) is 6.85. The minimum Gasteiger partial charge on any atom is -0.478 e. The van der Waals surface area contributed by atoms with Gasteiger partial charge in [-0.3, -0.25) is 0 Å². The lowest BCUT2D eigenvalue weighted by Gasteiger charge is -2.32. The molecule has 0 aromatic heterocycles. The highest BCUT2D eigenvalue weighted by molar-refractivity contribution is 7.90. The fourth-order valence-electron chi connectivity index (χ4n) is 2.95. The van der Waals surface area contributed by atoms with E-state index >= 15 is 0 Å². The average molecular weight is 309 g/mol. The summed E-state index contributed by atoms with van der Waals surface area (Å²) in [4.78, 5) is 11.1. The quantitative estimate of drug-likeness (QED) is 0.924. The normalized spacial score (nSPS) is 23.9. The Kier molecular flexibility index (Phi) is 3.75. The van der Waals surface area contributed by atoms with Gasteiger partial charge in [0.05, 0.1) is 10.8 Å². The van der Waals surface area contributed by atoms with E-state index in [1.807, 2.05) is 6.07 Å². The van der Waals surface area contributed by atoms with Gasteiger partial charge in [0.2, 0.25) is 10.0 Å². The predicted octanol–water partition coefficient (Wildman–Crippen LogP) is 2.06. The van der Waals surface area contributed by atoms with Crippen LogP contribution in [-0.2, 0) is 10.0 Å². The van der Waals surface area contributed by atoms with E-state index in [4.69, 9.17) is 5.11 Å². The molecule has 1 saturated heterocycles. The van der Waals surface area contributed by atoms with Crippen LogP contribution in [0.25, 0.3) is 0 Å². The minimum absolute atomic E-state index is 0.0894. The summed E-state index contributed by atoms with van der Waals surface area (Å²) in [6.45, 7) is 1.07. The van der Waals surface area contributed by atoms with Crippen molar-refractivity contribution >= 4 is 16.0 Å². The summed E-state index contributed by atoms with van der Waals surface area (Å²) >= 11 is 0. The Morgan fingerprint density at radius 2 is 2.00 bits per heavy atom. The van der Waals surface area contributed by atoms with Crippen molar-refractivity contribution in [1.82, 2.24) is 4.31 Å². The van der Waals surface area contributed by atoms with Crippen LogP contribution in [0.4, 0.5) is 0 Å². The smallest absolute Gasteiger partial charge is 0.335 e. The molecule has 0 bridgehead atoms. The molecule has 1 aromatic carbocycles. The first-order valence-electron chi connectivity index (χ1n) is 7.30. The Labute approximate surface area is 124 Å². The van der Waals surface area contributed by atoms with Crippen molar-refractivity contribution in [3.63, 3.8) is 0 Å². The number of benzene rings is 1. The maximum Gasteiger partial charge on any atom is 0.335 e. The monoisotopic (exact) mass is 309 g/mol. The molecule has 5 nitrogen and oxygen atoms in total. The van der Waals surface area contributed by atoms with Crippen LogP contribution >= 0.6 is 0 Å². The largest absolute Gasteiger partial charge is 0.478 e. The van der Waals surface area contributed by atoms with E-state index in [1.54, 1.807) is 22.5 Å². The first-order valence-corrected chi connectivity index (χ1v) is 8.81. The van der Waals surface area contributed by atoms with Gasteiger partial charge in [0.15, 0.2) is 0 Å². The van der Waals surface area contributed by atoms with Crippen LogP contribution in [0.5, 0.6) is 0 Å². The molecule has 21 heavy (non-hydrogen) atoms. The van der Waals surface area contributed by atoms with E-state index in [0.29, 0.717) is 13.1 Å². The van der Waals surface area contributed by atoms with E-state index in [9.17, 15) is 13.2 Å². The molecular formula is C15H19NO4S. The number of rotatable bonds is 4. The van der Waals surface area contributed by atoms with Gasteiger partial charge in [0, 0.05) is 13.1 Å². The van der Waals surface area contributed by atoms with Crippen molar-refractivity contribution in [1.29, 1.82) is 0 Å². The van der Waals surface area contributed by atoms with Gasteiger partial charge in [-0.15, -0.1) is 0 Å². The summed E-state index contributed by atoms with van der Waals surface area (Å²) in [5.41, 5.74) is 1.18. The van der Waals surface area contributed by atoms with Gasteiger partial charge in [-0.1, -0.05) is 12.1 Å². The summed E-state index contributed by atoms with van der Waals surface area (Å²) in [5.74, 6) is -0.860. The zero-order valence-corrected chi connectivity index (χ0v) is 12.6. The number of sulfonamides is 1. The lowest BCUT2D eigenvalue weighted by Crippen LogP contribution is -2.40. The molecule has 1 aliphatic heterocycles. The van der Waals surface area contributed by atoms with Crippen LogP contribution in [0.1, 0.15) is 47.5 Å². The van der Waals surface area contributed by atoms with Crippen molar-refractivity contribution < 1.29 is 18.3 Å². The topological polar surface area (TPSA) is 74.7 Å². The number of carboxylic acids is 1. The zero-order chi connectivity index (χ0) is 15.0. The molecule has 0 unspecified atom stereocenters. The van der Waals surface area contributed by atoms with Gasteiger partial charge in [-0.05, 0) is 49.3 Å². The molecule has 0 amide bonds. The van der Waals surface area contributed by atoms with Crippen molar-refractivity contribution in [2.75, 3.05) is 13.1 Å². The van der Waals surface area contributed by atoms with E-state index in [0.717, 1.165) is 31.2 Å². The predicted molar refractivity (Wildman–Crippen MR) is 78.9 cm³/mol. The van der Waals surface area contributed by atoms with Crippen molar-refractivity contribution in [3.8, 4) is 0 Å². The van der Waals surface area contributed by atoms with Crippen LogP contribution in [0.3, 0.4) is 0 Å². The number of hydrogen-bond acceptors (Lipinski definition) is 3. The van der Waals surface area contributed by atoms with Crippen molar-refractivity contribution in [2.24, 2.45) is 0 Å². The number of aromatic carboxylic acids is 1. The van der Waals surface area contributed by atoms with Gasteiger partial charge in [0.25, 0.3) is 0 Å². The third-order valence-corrected chi connectivity index (χ3v) is 6.66. The molecule has 1 aromatic rings. The molecule has 3 rings (SSSR count). The Morgan fingerprint density at radius 1 is 1.24 bits per heavy atom. The maximum absolute atomic E-state index is 12.3.